The van der Waals surface area contributed by atoms with Crippen LogP contribution >= 0.6 is 11.6 Å². The number of nitrogens with zero attached hydrogens (tertiary/aromatic N) is 2. The van der Waals surface area contributed by atoms with E-state index in [0.29, 0.717) is 22.6 Å². The van der Waals surface area contributed by atoms with Gasteiger partial charge in [0, 0.05) is 24.7 Å². The van der Waals surface area contributed by atoms with E-state index < -0.39 is 0 Å². The number of fused-ring (bicyclic) bond motifs is 1. The molecule has 3 nitrogen and oxygen atoms in total. The minimum atomic E-state index is 0.0681. The van der Waals surface area contributed by atoms with E-state index in [1.54, 1.807) is 6.20 Å². The highest BCUT2D eigenvalue weighted by atomic mass is 35.5. The molecule has 1 aliphatic rings. The summed E-state index contributed by atoms with van der Waals surface area (Å²) in [5.41, 5.74) is 0.652. The standard InChI is InChI=1S/C17H19ClN2O/c1-11(2)12-7-8-20(10-12)17(21)15-9-19-16(18)14-6-4-3-5-13(14)15/h3-6,9,11-12H,7-8,10H2,1-2H3. The molecule has 1 atom stereocenters. The highest BCUT2D eigenvalue weighted by Gasteiger charge is 2.29. The van der Waals surface area contributed by atoms with Gasteiger partial charge in [0.2, 0.25) is 0 Å². The van der Waals surface area contributed by atoms with Gasteiger partial charge < -0.3 is 4.90 Å². The fraction of sp³-hybridized carbons (Fsp3) is 0.412. The second kappa shape index (κ2) is 5.64. The first kappa shape index (κ1) is 14.3. The Bertz CT molecular complexity index is 684. The molecule has 3 rings (SSSR count). The molecule has 110 valence electrons. The van der Waals surface area contributed by atoms with Gasteiger partial charge in [-0.3, -0.25) is 4.79 Å². The van der Waals surface area contributed by atoms with Crippen LogP contribution in [0.3, 0.4) is 0 Å². The molecule has 0 saturated carbocycles. The van der Waals surface area contributed by atoms with Crippen molar-refractivity contribution in [2.24, 2.45) is 11.8 Å². The van der Waals surface area contributed by atoms with Gasteiger partial charge in [0.1, 0.15) is 5.15 Å². The Kier molecular flexibility index (Phi) is 3.85. The van der Waals surface area contributed by atoms with Crippen LogP contribution in [0.2, 0.25) is 5.15 Å². The SMILES string of the molecule is CC(C)C1CCN(C(=O)c2cnc(Cl)c3ccccc23)C1. The van der Waals surface area contributed by atoms with E-state index in [0.717, 1.165) is 30.3 Å². The summed E-state index contributed by atoms with van der Waals surface area (Å²) in [6.07, 6.45) is 2.69. The Labute approximate surface area is 129 Å². The number of aromatic nitrogens is 1. The number of pyridine rings is 1. The first-order valence-electron chi connectivity index (χ1n) is 7.40. The molecule has 0 N–H and O–H groups in total. The van der Waals surface area contributed by atoms with E-state index in [4.69, 9.17) is 11.6 Å². The molecule has 1 amide bonds. The molecular weight excluding hydrogens is 284 g/mol. The minimum absolute atomic E-state index is 0.0681. The number of amides is 1. The average molecular weight is 303 g/mol. The smallest absolute Gasteiger partial charge is 0.256 e. The highest BCUT2D eigenvalue weighted by molar-refractivity contribution is 6.34. The maximum absolute atomic E-state index is 12.8. The number of hydrogen-bond donors (Lipinski definition) is 0. The molecular formula is C17H19ClN2O. The number of halogens is 1. The van der Waals surface area contributed by atoms with E-state index in [2.05, 4.69) is 18.8 Å². The summed E-state index contributed by atoms with van der Waals surface area (Å²) in [4.78, 5) is 18.9. The van der Waals surface area contributed by atoms with Crippen LogP contribution in [0.1, 0.15) is 30.6 Å². The Hall–Kier alpha value is -1.61. The van der Waals surface area contributed by atoms with Crippen LogP contribution in [0.5, 0.6) is 0 Å². The van der Waals surface area contributed by atoms with Crippen molar-refractivity contribution in [1.29, 1.82) is 0 Å². The number of likely N-dealkylation sites (tertiary alicyclic amines) is 1. The average Bonchev–Trinajstić information content (AvgIpc) is 2.97. The molecule has 1 aromatic carbocycles. The van der Waals surface area contributed by atoms with Crippen molar-refractivity contribution in [1.82, 2.24) is 9.88 Å². The first-order chi connectivity index (χ1) is 10.1. The zero-order chi connectivity index (χ0) is 15.0. The van der Waals surface area contributed by atoms with Gasteiger partial charge in [-0.2, -0.15) is 0 Å². The second-order valence-corrected chi connectivity index (χ2v) is 6.41. The minimum Gasteiger partial charge on any atom is -0.338 e. The lowest BCUT2D eigenvalue weighted by Crippen LogP contribution is -2.29. The third-order valence-electron chi connectivity index (χ3n) is 4.43. The normalized spacial score (nSPS) is 18.7. The van der Waals surface area contributed by atoms with E-state index in [-0.39, 0.29) is 5.91 Å². The van der Waals surface area contributed by atoms with Gasteiger partial charge in [-0.15, -0.1) is 0 Å². The molecule has 1 fully saturated rings. The van der Waals surface area contributed by atoms with Crippen molar-refractivity contribution in [3.8, 4) is 0 Å². The third-order valence-corrected chi connectivity index (χ3v) is 4.73. The number of rotatable bonds is 2. The lowest BCUT2D eigenvalue weighted by molar-refractivity contribution is 0.0785. The van der Waals surface area contributed by atoms with Gasteiger partial charge in [0.25, 0.3) is 5.91 Å². The number of hydrogen-bond acceptors (Lipinski definition) is 2. The van der Waals surface area contributed by atoms with Crippen LogP contribution < -0.4 is 0 Å². The van der Waals surface area contributed by atoms with Gasteiger partial charge in [-0.1, -0.05) is 49.7 Å². The van der Waals surface area contributed by atoms with Crippen LogP contribution in [0.25, 0.3) is 10.8 Å². The zero-order valence-corrected chi connectivity index (χ0v) is 13.1. The maximum Gasteiger partial charge on any atom is 0.256 e. The fourth-order valence-corrected chi connectivity index (χ4v) is 3.23. The van der Waals surface area contributed by atoms with Crippen LogP contribution in [-0.2, 0) is 0 Å². The van der Waals surface area contributed by atoms with Crippen LogP contribution in [0.15, 0.2) is 30.5 Å². The lowest BCUT2D eigenvalue weighted by Gasteiger charge is -2.19. The Morgan fingerprint density at radius 3 is 2.71 bits per heavy atom. The third kappa shape index (κ3) is 2.62. The molecule has 0 bridgehead atoms. The molecule has 2 heterocycles. The molecule has 0 spiro atoms. The molecule has 21 heavy (non-hydrogen) atoms. The van der Waals surface area contributed by atoms with E-state index in [1.165, 1.54) is 0 Å². The Balaban J connectivity index is 1.94. The summed E-state index contributed by atoms with van der Waals surface area (Å²) in [5, 5.41) is 2.17. The number of carbonyl (C=O) groups is 1. The van der Waals surface area contributed by atoms with Crippen molar-refractivity contribution >= 4 is 28.3 Å². The van der Waals surface area contributed by atoms with Gasteiger partial charge >= 0.3 is 0 Å². The Morgan fingerprint density at radius 2 is 2.05 bits per heavy atom. The van der Waals surface area contributed by atoms with Gasteiger partial charge in [-0.05, 0) is 23.6 Å². The van der Waals surface area contributed by atoms with Crippen molar-refractivity contribution in [3.63, 3.8) is 0 Å². The monoisotopic (exact) mass is 302 g/mol. The highest BCUT2D eigenvalue weighted by Crippen LogP contribution is 2.28. The van der Waals surface area contributed by atoms with E-state index in [1.807, 2.05) is 29.2 Å². The molecule has 1 aliphatic heterocycles. The van der Waals surface area contributed by atoms with Gasteiger partial charge in [0.15, 0.2) is 0 Å². The van der Waals surface area contributed by atoms with Crippen LogP contribution in [-0.4, -0.2) is 28.9 Å². The molecule has 0 aliphatic carbocycles. The van der Waals surface area contributed by atoms with Crippen LogP contribution in [0, 0.1) is 11.8 Å². The molecule has 1 unspecified atom stereocenters. The maximum atomic E-state index is 12.8. The summed E-state index contributed by atoms with van der Waals surface area (Å²) in [7, 11) is 0. The summed E-state index contributed by atoms with van der Waals surface area (Å²) >= 11 is 6.12. The molecule has 0 radical (unpaired) electrons. The number of carbonyl (C=O) groups excluding carboxylic acids is 1. The summed E-state index contributed by atoms with van der Waals surface area (Å²) < 4.78 is 0. The molecule has 1 saturated heterocycles. The van der Waals surface area contributed by atoms with E-state index in [9.17, 15) is 4.79 Å². The van der Waals surface area contributed by atoms with Crippen molar-refractivity contribution in [3.05, 3.63) is 41.2 Å². The Morgan fingerprint density at radius 1 is 1.33 bits per heavy atom. The van der Waals surface area contributed by atoms with Crippen LogP contribution in [0.4, 0.5) is 0 Å². The van der Waals surface area contributed by atoms with Gasteiger partial charge in [0.05, 0.1) is 5.56 Å². The summed E-state index contributed by atoms with van der Waals surface area (Å²) in [6.45, 7) is 6.11. The predicted molar refractivity (Wildman–Crippen MR) is 85.6 cm³/mol. The zero-order valence-electron chi connectivity index (χ0n) is 12.3. The second-order valence-electron chi connectivity index (χ2n) is 6.05. The lowest BCUT2D eigenvalue weighted by atomic mass is 9.95. The van der Waals surface area contributed by atoms with Gasteiger partial charge in [-0.25, -0.2) is 4.98 Å². The van der Waals surface area contributed by atoms with Crippen molar-refractivity contribution in [2.75, 3.05) is 13.1 Å². The first-order valence-corrected chi connectivity index (χ1v) is 7.78. The van der Waals surface area contributed by atoms with Crippen molar-refractivity contribution in [2.45, 2.75) is 20.3 Å². The fourth-order valence-electron chi connectivity index (χ4n) is 3.01. The molecule has 4 heteroatoms. The topological polar surface area (TPSA) is 33.2 Å². The molecule has 2 aromatic rings. The largest absolute Gasteiger partial charge is 0.338 e. The van der Waals surface area contributed by atoms with E-state index >= 15 is 0 Å². The van der Waals surface area contributed by atoms with Crippen molar-refractivity contribution < 1.29 is 4.79 Å². The predicted octanol–water partition coefficient (Wildman–Crippen LogP) is 4.01. The summed E-state index contributed by atoms with van der Waals surface area (Å²) in [6, 6.07) is 7.68. The summed E-state index contributed by atoms with van der Waals surface area (Å²) in [5.74, 6) is 1.28. The quantitative estimate of drug-likeness (QED) is 0.785. The number of benzene rings is 1. The molecule has 1 aromatic heterocycles.